The van der Waals surface area contributed by atoms with Crippen LogP contribution in [0.2, 0.25) is 5.02 Å². The van der Waals surface area contributed by atoms with E-state index in [1.807, 2.05) is 6.07 Å². The lowest BCUT2D eigenvalue weighted by Gasteiger charge is -2.10. The maximum absolute atomic E-state index is 5.96. The first-order valence-electron chi connectivity index (χ1n) is 5.03. The van der Waals surface area contributed by atoms with Crippen molar-refractivity contribution >= 4 is 17.3 Å². The van der Waals surface area contributed by atoms with Crippen molar-refractivity contribution in [2.75, 3.05) is 11.9 Å². The van der Waals surface area contributed by atoms with E-state index in [2.05, 4.69) is 17.2 Å². The van der Waals surface area contributed by atoms with Crippen LogP contribution >= 0.6 is 11.6 Å². The van der Waals surface area contributed by atoms with Gasteiger partial charge in [-0.2, -0.15) is 0 Å². The molecule has 1 aliphatic rings. The van der Waals surface area contributed by atoms with Gasteiger partial charge in [0, 0.05) is 18.9 Å². The Morgan fingerprint density at radius 2 is 2.36 bits per heavy atom. The highest BCUT2D eigenvalue weighted by Gasteiger charge is 2.36. The Hall–Kier alpha value is -0.760. The lowest BCUT2D eigenvalue weighted by molar-refractivity contribution is 0.536. The molecule has 1 heterocycles. The number of hydrogen-bond acceptors (Lipinski definition) is 2. The first-order chi connectivity index (χ1) is 6.70. The molecule has 0 amide bonds. The Morgan fingerprint density at radius 1 is 1.57 bits per heavy atom. The molecule has 3 heteroatoms. The fourth-order valence-electron chi connectivity index (χ4n) is 1.48. The summed E-state index contributed by atoms with van der Waals surface area (Å²) >= 11 is 5.96. The zero-order chi connectivity index (χ0) is 10.0. The lowest BCUT2D eigenvalue weighted by Crippen LogP contribution is -2.07. The van der Waals surface area contributed by atoms with Gasteiger partial charge in [0.1, 0.15) is 0 Å². The number of nitrogens with zero attached hydrogens (tertiary/aromatic N) is 1. The van der Waals surface area contributed by atoms with E-state index in [4.69, 9.17) is 11.6 Å². The maximum Gasteiger partial charge on any atom is 0.0820 e. The van der Waals surface area contributed by atoms with Crippen molar-refractivity contribution in [3.05, 3.63) is 23.5 Å². The van der Waals surface area contributed by atoms with Crippen molar-refractivity contribution in [1.82, 2.24) is 4.98 Å². The summed E-state index contributed by atoms with van der Waals surface area (Å²) < 4.78 is 0. The molecule has 1 fully saturated rings. The molecule has 1 aromatic heterocycles. The smallest absolute Gasteiger partial charge is 0.0820 e. The average Bonchev–Trinajstić information content (AvgIpc) is 2.88. The van der Waals surface area contributed by atoms with Gasteiger partial charge in [-0.3, -0.25) is 4.98 Å². The topological polar surface area (TPSA) is 24.9 Å². The molecule has 1 aromatic rings. The highest BCUT2D eigenvalue weighted by atomic mass is 35.5. The van der Waals surface area contributed by atoms with Crippen LogP contribution in [0.15, 0.2) is 18.5 Å². The lowest BCUT2D eigenvalue weighted by atomic mass is 10.1. The zero-order valence-electron chi connectivity index (χ0n) is 8.39. The van der Waals surface area contributed by atoms with E-state index in [0.29, 0.717) is 10.4 Å². The van der Waals surface area contributed by atoms with Crippen molar-refractivity contribution in [2.45, 2.75) is 26.2 Å². The van der Waals surface area contributed by atoms with Gasteiger partial charge in [-0.05, 0) is 30.7 Å². The van der Waals surface area contributed by atoms with Crippen LogP contribution < -0.4 is 5.32 Å². The Morgan fingerprint density at radius 3 is 3.00 bits per heavy atom. The number of aromatic nitrogens is 1. The summed E-state index contributed by atoms with van der Waals surface area (Å²) in [4.78, 5) is 3.94. The summed E-state index contributed by atoms with van der Waals surface area (Å²) in [5.74, 6) is 0. The summed E-state index contributed by atoms with van der Waals surface area (Å²) in [7, 11) is 0. The molecule has 1 saturated carbocycles. The van der Waals surface area contributed by atoms with Crippen LogP contribution in [0.25, 0.3) is 0 Å². The SMILES string of the molecule is CC1(CCNc2ccncc2Cl)CC1. The second kappa shape index (κ2) is 3.77. The fraction of sp³-hybridized carbons (Fsp3) is 0.545. The minimum Gasteiger partial charge on any atom is -0.384 e. The van der Waals surface area contributed by atoms with Gasteiger partial charge in [0.2, 0.25) is 0 Å². The molecule has 2 nitrogen and oxygen atoms in total. The van der Waals surface area contributed by atoms with E-state index in [0.717, 1.165) is 12.2 Å². The third-order valence-corrected chi connectivity index (χ3v) is 3.22. The minimum absolute atomic E-state index is 0.604. The molecule has 1 aliphatic carbocycles. The number of hydrogen-bond donors (Lipinski definition) is 1. The van der Waals surface area contributed by atoms with Crippen LogP contribution in [0.5, 0.6) is 0 Å². The molecule has 1 N–H and O–H groups in total. The first-order valence-corrected chi connectivity index (χ1v) is 5.41. The van der Waals surface area contributed by atoms with Crippen LogP contribution in [-0.2, 0) is 0 Å². The summed E-state index contributed by atoms with van der Waals surface area (Å²) in [5, 5.41) is 4.04. The quantitative estimate of drug-likeness (QED) is 0.825. The molecule has 0 aromatic carbocycles. The van der Waals surface area contributed by atoms with Crippen molar-refractivity contribution in [3.63, 3.8) is 0 Å². The Labute approximate surface area is 89.7 Å². The second-order valence-electron chi connectivity index (χ2n) is 4.34. The Bertz CT molecular complexity index is 321. The van der Waals surface area contributed by atoms with Gasteiger partial charge in [-0.15, -0.1) is 0 Å². The van der Waals surface area contributed by atoms with E-state index in [1.54, 1.807) is 12.4 Å². The van der Waals surface area contributed by atoms with Crippen molar-refractivity contribution < 1.29 is 0 Å². The van der Waals surface area contributed by atoms with Crippen LogP contribution in [-0.4, -0.2) is 11.5 Å². The summed E-state index contributed by atoms with van der Waals surface area (Å²) in [6, 6.07) is 1.91. The minimum atomic E-state index is 0.604. The predicted octanol–water partition coefficient (Wildman–Crippen LogP) is 3.34. The van der Waals surface area contributed by atoms with Crippen LogP contribution in [0.3, 0.4) is 0 Å². The molecule has 14 heavy (non-hydrogen) atoms. The summed E-state index contributed by atoms with van der Waals surface area (Å²) in [6.07, 6.45) is 7.40. The van der Waals surface area contributed by atoms with E-state index >= 15 is 0 Å². The third kappa shape index (κ3) is 2.38. The van der Waals surface area contributed by atoms with Crippen molar-refractivity contribution in [2.24, 2.45) is 5.41 Å². The molecular formula is C11H15ClN2. The van der Waals surface area contributed by atoms with Gasteiger partial charge >= 0.3 is 0 Å². The van der Waals surface area contributed by atoms with Gasteiger partial charge in [0.05, 0.1) is 10.7 Å². The normalized spacial score (nSPS) is 17.9. The van der Waals surface area contributed by atoms with Crippen molar-refractivity contribution in [3.8, 4) is 0 Å². The standard InChI is InChI=1S/C11H15ClN2/c1-11(3-4-11)5-7-14-10-2-6-13-8-9(10)12/h2,6,8H,3-5,7H2,1H3,(H,13,14). The number of nitrogens with one attached hydrogen (secondary N) is 1. The monoisotopic (exact) mass is 210 g/mol. The molecular weight excluding hydrogens is 196 g/mol. The largest absolute Gasteiger partial charge is 0.384 e. The summed E-state index contributed by atoms with van der Waals surface area (Å²) in [6.45, 7) is 3.34. The third-order valence-electron chi connectivity index (χ3n) is 2.92. The highest BCUT2D eigenvalue weighted by molar-refractivity contribution is 6.33. The zero-order valence-corrected chi connectivity index (χ0v) is 9.14. The van der Waals surface area contributed by atoms with E-state index in [-0.39, 0.29) is 0 Å². The van der Waals surface area contributed by atoms with E-state index < -0.39 is 0 Å². The summed E-state index contributed by atoms with van der Waals surface area (Å²) in [5.41, 5.74) is 1.60. The molecule has 0 radical (unpaired) electrons. The molecule has 0 unspecified atom stereocenters. The number of rotatable bonds is 4. The van der Waals surface area contributed by atoms with Gasteiger partial charge < -0.3 is 5.32 Å². The van der Waals surface area contributed by atoms with Crippen LogP contribution in [0, 0.1) is 5.41 Å². The first kappa shape index (κ1) is 9.78. The Kier molecular flexibility index (Phi) is 2.64. The molecule has 0 bridgehead atoms. The van der Waals surface area contributed by atoms with Crippen LogP contribution in [0.1, 0.15) is 26.2 Å². The van der Waals surface area contributed by atoms with Gasteiger partial charge in [-0.25, -0.2) is 0 Å². The van der Waals surface area contributed by atoms with Gasteiger partial charge in [-0.1, -0.05) is 18.5 Å². The second-order valence-corrected chi connectivity index (χ2v) is 4.75. The fourth-order valence-corrected chi connectivity index (χ4v) is 1.67. The van der Waals surface area contributed by atoms with E-state index in [9.17, 15) is 0 Å². The molecule has 0 saturated heterocycles. The number of halogens is 1. The number of anilines is 1. The average molecular weight is 211 g/mol. The van der Waals surface area contributed by atoms with Crippen LogP contribution in [0.4, 0.5) is 5.69 Å². The van der Waals surface area contributed by atoms with Gasteiger partial charge in [0.15, 0.2) is 0 Å². The Balaban J connectivity index is 1.83. The molecule has 0 atom stereocenters. The van der Waals surface area contributed by atoms with E-state index in [1.165, 1.54) is 19.3 Å². The maximum atomic E-state index is 5.96. The highest BCUT2D eigenvalue weighted by Crippen LogP contribution is 2.47. The van der Waals surface area contributed by atoms with Crippen molar-refractivity contribution in [1.29, 1.82) is 0 Å². The molecule has 0 spiro atoms. The number of pyridine rings is 1. The molecule has 2 rings (SSSR count). The molecule has 76 valence electrons. The molecule has 0 aliphatic heterocycles. The predicted molar refractivity (Wildman–Crippen MR) is 59.7 cm³/mol. The van der Waals surface area contributed by atoms with Gasteiger partial charge in [0.25, 0.3) is 0 Å².